The maximum Gasteiger partial charge on any atom is 0.416 e. The van der Waals surface area contributed by atoms with Gasteiger partial charge in [-0.3, -0.25) is 4.79 Å². The van der Waals surface area contributed by atoms with E-state index in [1.165, 1.54) is 19.2 Å². The van der Waals surface area contributed by atoms with Crippen LogP contribution in [0.3, 0.4) is 0 Å². The minimum Gasteiger partial charge on any atom is -0.469 e. The number of alkyl halides is 3. The van der Waals surface area contributed by atoms with E-state index >= 15 is 0 Å². The highest BCUT2D eigenvalue weighted by molar-refractivity contribution is 5.73. The Morgan fingerprint density at radius 1 is 1.17 bits per heavy atom. The van der Waals surface area contributed by atoms with Crippen molar-refractivity contribution in [2.24, 2.45) is 0 Å². The second kappa shape index (κ2) is 9.02. The molecule has 1 aromatic carbocycles. The lowest BCUT2D eigenvalue weighted by atomic mass is 10.1. The molecule has 0 atom stereocenters. The van der Waals surface area contributed by atoms with Gasteiger partial charge in [-0.15, -0.1) is 0 Å². The predicted molar refractivity (Wildman–Crippen MR) is 77.5 cm³/mol. The fourth-order valence-corrected chi connectivity index (χ4v) is 1.80. The number of methoxy groups -OCH3 is 1. The first-order valence-corrected chi connectivity index (χ1v) is 7.07. The minimum atomic E-state index is -4.40. The fourth-order valence-electron chi connectivity index (χ4n) is 1.80. The quantitative estimate of drug-likeness (QED) is 0.596. The van der Waals surface area contributed by atoms with Gasteiger partial charge in [-0.2, -0.15) is 13.2 Å². The molecule has 0 saturated carbocycles. The van der Waals surface area contributed by atoms with Crippen molar-refractivity contribution in [3.63, 3.8) is 0 Å². The van der Waals surface area contributed by atoms with Crippen molar-refractivity contribution in [3.8, 4) is 0 Å². The van der Waals surface area contributed by atoms with Gasteiger partial charge in [0.2, 0.25) is 0 Å². The summed E-state index contributed by atoms with van der Waals surface area (Å²) in [6.45, 7) is 0.364. The molecule has 2 N–H and O–H groups in total. The monoisotopic (exact) mass is 332 g/mol. The summed E-state index contributed by atoms with van der Waals surface area (Å²) in [6, 6.07) is 4.30. The maximum absolute atomic E-state index is 12.6. The molecule has 128 valence electrons. The molecule has 1 aromatic rings. The van der Waals surface area contributed by atoms with Crippen molar-refractivity contribution in [2.75, 3.05) is 13.7 Å². The Balaban J connectivity index is 2.27. The molecule has 0 fully saturated rings. The molecule has 23 heavy (non-hydrogen) atoms. The van der Waals surface area contributed by atoms with Gasteiger partial charge in [0.25, 0.3) is 0 Å². The Bertz CT molecular complexity index is 533. The molecule has 8 heteroatoms. The lowest BCUT2D eigenvalue weighted by molar-refractivity contribution is -0.140. The molecular weight excluding hydrogens is 313 g/mol. The topological polar surface area (TPSA) is 67.4 Å². The number of carbonyl (C=O) groups excluding carboxylic acids is 2. The van der Waals surface area contributed by atoms with Crippen LogP contribution in [0.4, 0.5) is 18.0 Å². The summed E-state index contributed by atoms with van der Waals surface area (Å²) in [4.78, 5) is 22.4. The summed E-state index contributed by atoms with van der Waals surface area (Å²) >= 11 is 0. The summed E-state index contributed by atoms with van der Waals surface area (Å²) in [6.07, 6.45) is -2.94. The first kappa shape index (κ1) is 18.8. The summed E-state index contributed by atoms with van der Waals surface area (Å²) in [5.74, 6) is -0.306. The number of nitrogens with one attached hydrogen (secondary N) is 2. The number of esters is 1. The Hall–Kier alpha value is -2.25. The third-order valence-electron chi connectivity index (χ3n) is 3.03. The molecule has 0 aliphatic carbocycles. The van der Waals surface area contributed by atoms with E-state index in [2.05, 4.69) is 15.4 Å². The zero-order valence-corrected chi connectivity index (χ0v) is 12.7. The number of hydrogen-bond donors (Lipinski definition) is 2. The van der Waals surface area contributed by atoms with E-state index in [0.717, 1.165) is 12.1 Å². The van der Waals surface area contributed by atoms with Crippen molar-refractivity contribution in [2.45, 2.75) is 32.0 Å². The van der Waals surface area contributed by atoms with Crippen LogP contribution in [0.15, 0.2) is 24.3 Å². The van der Waals surface area contributed by atoms with E-state index in [1.807, 2.05) is 0 Å². The summed E-state index contributed by atoms with van der Waals surface area (Å²) in [5, 5.41) is 5.04. The minimum absolute atomic E-state index is 0.00207. The van der Waals surface area contributed by atoms with E-state index in [9.17, 15) is 22.8 Å². The molecule has 1 rings (SSSR count). The molecule has 0 saturated heterocycles. The summed E-state index contributed by atoms with van der Waals surface area (Å²) in [5.41, 5.74) is -0.388. The van der Waals surface area contributed by atoms with Crippen molar-refractivity contribution >= 4 is 12.0 Å². The van der Waals surface area contributed by atoms with Gasteiger partial charge in [0, 0.05) is 19.5 Å². The second-order valence-electron chi connectivity index (χ2n) is 4.84. The van der Waals surface area contributed by atoms with Gasteiger partial charge in [-0.1, -0.05) is 12.1 Å². The molecule has 5 nitrogen and oxygen atoms in total. The lowest BCUT2D eigenvalue weighted by Crippen LogP contribution is -2.35. The van der Waals surface area contributed by atoms with Crippen LogP contribution < -0.4 is 10.6 Å². The van der Waals surface area contributed by atoms with Crippen LogP contribution in [-0.2, 0) is 22.3 Å². The molecule has 0 unspecified atom stereocenters. The molecule has 0 heterocycles. The van der Waals surface area contributed by atoms with Gasteiger partial charge >= 0.3 is 18.2 Å². The highest BCUT2D eigenvalue weighted by Crippen LogP contribution is 2.29. The largest absolute Gasteiger partial charge is 0.469 e. The van der Waals surface area contributed by atoms with Gasteiger partial charge in [-0.25, -0.2) is 4.79 Å². The van der Waals surface area contributed by atoms with Crippen molar-refractivity contribution in [1.29, 1.82) is 0 Å². The van der Waals surface area contributed by atoms with Gasteiger partial charge in [0.15, 0.2) is 0 Å². The van der Waals surface area contributed by atoms with Crippen molar-refractivity contribution in [1.82, 2.24) is 10.6 Å². The van der Waals surface area contributed by atoms with E-state index in [1.54, 1.807) is 0 Å². The van der Waals surface area contributed by atoms with E-state index in [4.69, 9.17) is 0 Å². The molecule has 0 aliphatic heterocycles. The van der Waals surface area contributed by atoms with Crippen LogP contribution in [0.5, 0.6) is 0 Å². The van der Waals surface area contributed by atoms with Gasteiger partial charge in [0.1, 0.15) is 0 Å². The molecule has 0 aromatic heterocycles. The number of benzene rings is 1. The zero-order chi connectivity index (χ0) is 17.3. The average molecular weight is 332 g/mol. The van der Waals surface area contributed by atoms with E-state index in [0.29, 0.717) is 24.9 Å². The van der Waals surface area contributed by atoms with Crippen LogP contribution in [0.2, 0.25) is 0 Å². The van der Waals surface area contributed by atoms with Crippen LogP contribution in [0, 0.1) is 0 Å². The first-order chi connectivity index (χ1) is 10.8. The Labute approximate surface area is 132 Å². The predicted octanol–water partition coefficient (Wildman–Crippen LogP) is 2.85. The number of carbonyl (C=O) groups is 2. The number of unbranched alkanes of at least 4 members (excludes halogenated alkanes) is 1. The highest BCUT2D eigenvalue weighted by Gasteiger charge is 2.30. The van der Waals surface area contributed by atoms with E-state index in [-0.39, 0.29) is 18.9 Å². The molecule has 0 aliphatic rings. The number of ether oxygens (including phenoxy) is 1. The van der Waals surface area contributed by atoms with Crippen molar-refractivity contribution < 1.29 is 27.5 Å². The number of hydrogen-bond acceptors (Lipinski definition) is 3. The summed E-state index contributed by atoms with van der Waals surface area (Å²) < 4.78 is 42.1. The fraction of sp³-hybridized carbons (Fsp3) is 0.467. The van der Waals surface area contributed by atoms with Gasteiger partial charge in [-0.05, 0) is 30.5 Å². The van der Waals surface area contributed by atoms with Crippen LogP contribution in [-0.4, -0.2) is 25.7 Å². The average Bonchev–Trinajstić information content (AvgIpc) is 2.51. The number of rotatable bonds is 7. The summed E-state index contributed by atoms with van der Waals surface area (Å²) in [7, 11) is 1.31. The molecule has 0 spiro atoms. The molecule has 0 bridgehead atoms. The smallest absolute Gasteiger partial charge is 0.416 e. The lowest BCUT2D eigenvalue weighted by Gasteiger charge is -2.10. The van der Waals surface area contributed by atoms with Gasteiger partial charge in [0.05, 0.1) is 12.7 Å². The third kappa shape index (κ3) is 7.53. The Morgan fingerprint density at radius 3 is 2.57 bits per heavy atom. The highest BCUT2D eigenvalue weighted by atomic mass is 19.4. The second-order valence-corrected chi connectivity index (χ2v) is 4.84. The number of halogens is 3. The van der Waals surface area contributed by atoms with Crippen LogP contribution in [0.25, 0.3) is 0 Å². The third-order valence-corrected chi connectivity index (χ3v) is 3.03. The van der Waals surface area contributed by atoms with Crippen LogP contribution >= 0.6 is 0 Å². The molecular formula is C15H19F3N2O3. The normalized spacial score (nSPS) is 11.0. The first-order valence-electron chi connectivity index (χ1n) is 7.07. The maximum atomic E-state index is 12.6. The van der Waals surface area contributed by atoms with Gasteiger partial charge < -0.3 is 15.4 Å². The standard InChI is InChI=1S/C15H19F3N2O3/c1-23-13(21)7-2-3-8-19-14(22)20-10-11-5-4-6-12(9-11)15(16,17)18/h4-6,9H,2-3,7-8,10H2,1H3,(H2,19,20,22). The Morgan fingerprint density at radius 2 is 1.91 bits per heavy atom. The Kier molecular flexibility index (Phi) is 7.37. The van der Waals surface area contributed by atoms with Crippen LogP contribution in [0.1, 0.15) is 30.4 Å². The van der Waals surface area contributed by atoms with Crippen molar-refractivity contribution in [3.05, 3.63) is 35.4 Å². The van der Waals surface area contributed by atoms with E-state index < -0.39 is 17.8 Å². The number of urea groups is 1. The number of amides is 2. The molecule has 0 radical (unpaired) electrons. The zero-order valence-electron chi connectivity index (χ0n) is 12.7. The molecule has 2 amide bonds. The SMILES string of the molecule is COC(=O)CCCCNC(=O)NCc1cccc(C(F)(F)F)c1.